The SMILES string of the molecule is C/C(C=O)=C\[C@@H](C)[C@@H](C[C@@H](C)O[Si](C)(C)C(C)(C)C)O[Si](C)(C)C(C)(C)C. The van der Waals surface area contributed by atoms with Crippen molar-refractivity contribution in [2.45, 2.75) is 117 Å². The number of rotatable bonds is 9. The summed E-state index contributed by atoms with van der Waals surface area (Å²) in [5.41, 5.74) is 0.768. The molecule has 5 heteroatoms. The van der Waals surface area contributed by atoms with E-state index in [0.29, 0.717) is 0 Å². The van der Waals surface area contributed by atoms with Crippen molar-refractivity contribution >= 4 is 22.9 Å². The quantitative estimate of drug-likeness (QED) is 0.232. The third kappa shape index (κ3) is 8.34. The van der Waals surface area contributed by atoms with Crippen molar-refractivity contribution in [1.82, 2.24) is 0 Å². The van der Waals surface area contributed by atoms with Gasteiger partial charge < -0.3 is 8.85 Å². The van der Waals surface area contributed by atoms with Crippen LogP contribution in [0.1, 0.15) is 68.7 Å². The summed E-state index contributed by atoms with van der Waals surface area (Å²) in [7, 11) is -3.74. The number of hydrogen-bond donors (Lipinski definition) is 0. The highest BCUT2D eigenvalue weighted by atomic mass is 28.4. The zero-order chi connectivity index (χ0) is 21.8. The highest BCUT2D eigenvalue weighted by Gasteiger charge is 2.42. The van der Waals surface area contributed by atoms with Crippen molar-refractivity contribution in [3.8, 4) is 0 Å². The maximum atomic E-state index is 11.1. The molecule has 0 aliphatic rings. The first kappa shape index (κ1) is 26.8. The molecule has 0 aromatic carbocycles. The van der Waals surface area contributed by atoms with Gasteiger partial charge in [0.05, 0.1) is 6.10 Å². The van der Waals surface area contributed by atoms with Gasteiger partial charge in [-0.1, -0.05) is 54.5 Å². The molecule has 0 unspecified atom stereocenters. The third-order valence-electron chi connectivity index (χ3n) is 6.42. The topological polar surface area (TPSA) is 35.5 Å². The first-order valence-electron chi connectivity index (χ1n) is 10.3. The molecule has 0 amide bonds. The molecule has 0 saturated carbocycles. The summed E-state index contributed by atoms with van der Waals surface area (Å²) in [6.07, 6.45) is 4.01. The molecule has 3 atom stereocenters. The fraction of sp³-hybridized carbons (Fsp3) is 0.864. The van der Waals surface area contributed by atoms with Gasteiger partial charge in [-0.25, -0.2) is 0 Å². The minimum atomic E-state index is -1.92. The molecule has 3 nitrogen and oxygen atoms in total. The van der Waals surface area contributed by atoms with Gasteiger partial charge in [-0.15, -0.1) is 0 Å². The van der Waals surface area contributed by atoms with Crippen LogP contribution in [0, 0.1) is 5.92 Å². The van der Waals surface area contributed by atoms with Gasteiger partial charge in [0, 0.05) is 6.10 Å². The predicted molar refractivity (Wildman–Crippen MR) is 123 cm³/mol. The van der Waals surface area contributed by atoms with Gasteiger partial charge in [-0.2, -0.15) is 0 Å². The molecule has 0 bridgehead atoms. The molecular formula is C22H46O3Si2. The van der Waals surface area contributed by atoms with E-state index < -0.39 is 16.6 Å². The summed E-state index contributed by atoms with van der Waals surface area (Å²) >= 11 is 0. The Hall–Kier alpha value is -0.236. The van der Waals surface area contributed by atoms with Crippen molar-refractivity contribution in [3.05, 3.63) is 11.6 Å². The minimum absolute atomic E-state index is 0.0561. The standard InChI is InChI=1S/C22H46O3Si2/c1-17(16-23)14-18(2)20(25-27(12,13)22(7,8)9)15-19(3)24-26(10,11)21(4,5)6/h14,16,18-20H,15H2,1-13H3/b17-14+/t18-,19-,20-/m1/s1. The van der Waals surface area contributed by atoms with E-state index in [1.54, 1.807) is 0 Å². The number of hydrogen-bond acceptors (Lipinski definition) is 3. The number of aldehydes is 1. The van der Waals surface area contributed by atoms with E-state index in [-0.39, 0.29) is 28.2 Å². The summed E-state index contributed by atoms with van der Waals surface area (Å²) in [6.45, 7) is 29.0. The van der Waals surface area contributed by atoms with Crippen LogP contribution in [0.4, 0.5) is 0 Å². The van der Waals surface area contributed by atoms with Crippen molar-refractivity contribution in [3.63, 3.8) is 0 Å². The zero-order valence-corrected chi connectivity index (χ0v) is 22.3. The lowest BCUT2D eigenvalue weighted by Crippen LogP contribution is -2.48. The van der Waals surface area contributed by atoms with Crippen LogP contribution in [0.25, 0.3) is 0 Å². The normalized spacial score (nSPS) is 18.2. The number of carbonyl (C=O) groups is 1. The molecule has 0 rings (SSSR count). The molecular weight excluding hydrogens is 368 g/mol. The average molecular weight is 415 g/mol. The maximum absolute atomic E-state index is 11.1. The van der Waals surface area contributed by atoms with Crippen LogP contribution in [0.5, 0.6) is 0 Å². The summed E-state index contributed by atoms with van der Waals surface area (Å²) in [5, 5.41) is 0.342. The van der Waals surface area contributed by atoms with Crippen LogP contribution in [-0.2, 0) is 13.6 Å². The van der Waals surface area contributed by atoms with Crippen LogP contribution < -0.4 is 0 Å². The van der Waals surface area contributed by atoms with Gasteiger partial charge in [0.25, 0.3) is 0 Å². The highest BCUT2D eigenvalue weighted by molar-refractivity contribution is 6.74. The van der Waals surface area contributed by atoms with Crippen LogP contribution in [0.2, 0.25) is 36.3 Å². The molecule has 0 radical (unpaired) electrons. The van der Waals surface area contributed by atoms with E-state index in [1.807, 2.05) is 13.0 Å². The fourth-order valence-electron chi connectivity index (χ4n) is 2.54. The lowest BCUT2D eigenvalue weighted by atomic mass is 9.97. The molecule has 0 aliphatic heterocycles. The van der Waals surface area contributed by atoms with Crippen molar-refractivity contribution in [2.75, 3.05) is 0 Å². The van der Waals surface area contributed by atoms with Gasteiger partial charge in [-0.3, -0.25) is 4.79 Å². The molecule has 0 heterocycles. The Balaban J connectivity index is 5.52. The van der Waals surface area contributed by atoms with Crippen molar-refractivity contribution < 1.29 is 13.6 Å². The maximum Gasteiger partial charge on any atom is 0.192 e. The lowest BCUT2D eigenvalue weighted by Gasteiger charge is -2.43. The highest BCUT2D eigenvalue weighted by Crippen LogP contribution is 2.40. The molecule has 0 aromatic rings. The van der Waals surface area contributed by atoms with Crippen LogP contribution in [0.3, 0.4) is 0 Å². The van der Waals surface area contributed by atoms with Gasteiger partial charge >= 0.3 is 0 Å². The summed E-state index contributed by atoms with van der Waals surface area (Å²) in [4.78, 5) is 11.1. The van der Waals surface area contributed by atoms with Gasteiger partial charge in [0.1, 0.15) is 6.29 Å². The van der Waals surface area contributed by atoms with Gasteiger partial charge in [0.15, 0.2) is 16.6 Å². The number of allylic oxidation sites excluding steroid dienone is 1. The van der Waals surface area contributed by atoms with E-state index >= 15 is 0 Å². The van der Waals surface area contributed by atoms with Crippen LogP contribution >= 0.6 is 0 Å². The van der Waals surface area contributed by atoms with E-state index in [9.17, 15) is 4.79 Å². The first-order chi connectivity index (χ1) is 11.8. The predicted octanol–water partition coefficient (Wildman–Crippen LogP) is 6.96. The molecule has 27 heavy (non-hydrogen) atoms. The Labute approximate surface area is 171 Å². The zero-order valence-electron chi connectivity index (χ0n) is 20.3. The second-order valence-electron chi connectivity index (χ2n) is 11.2. The summed E-state index contributed by atoms with van der Waals surface area (Å²) in [5.74, 6) is 0.176. The summed E-state index contributed by atoms with van der Waals surface area (Å²) in [6, 6.07) is 0. The lowest BCUT2D eigenvalue weighted by molar-refractivity contribution is -0.104. The average Bonchev–Trinajstić information content (AvgIpc) is 2.42. The van der Waals surface area contributed by atoms with Gasteiger partial charge in [-0.05, 0) is 68.0 Å². The van der Waals surface area contributed by atoms with Crippen LogP contribution in [-0.4, -0.2) is 35.1 Å². The molecule has 160 valence electrons. The fourth-order valence-corrected chi connectivity index (χ4v) is 5.42. The van der Waals surface area contributed by atoms with E-state index in [1.165, 1.54) is 0 Å². The molecule has 0 aliphatic carbocycles. The minimum Gasteiger partial charge on any atom is -0.414 e. The molecule has 0 saturated heterocycles. The molecule has 0 spiro atoms. The Morgan fingerprint density at radius 1 is 0.889 bits per heavy atom. The smallest absolute Gasteiger partial charge is 0.192 e. The Kier molecular flexibility index (Phi) is 9.42. The third-order valence-corrected chi connectivity index (χ3v) is 15.5. The monoisotopic (exact) mass is 414 g/mol. The Morgan fingerprint density at radius 2 is 1.30 bits per heavy atom. The van der Waals surface area contributed by atoms with E-state index in [4.69, 9.17) is 8.85 Å². The Morgan fingerprint density at radius 3 is 1.67 bits per heavy atom. The van der Waals surface area contributed by atoms with Crippen LogP contribution in [0.15, 0.2) is 11.6 Å². The van der Waals surface area contributed by atoms with Gasteiger partial charge in [0.2, 0.25) is 0 Å². The largest absolute Gasteiger partial charge is 0.414 e. The molecule has 0 fully saturated rings. The van der Waals surface area contributed by atoms with E-state index in [0.717, 1.165) is 18.3 Å². The van der Waals surface area contributed by atoms with E-state index in [2.05, 4.69) is 81.6 Å². The Bertz CT molecular complexity index is 511. The second kappa shape index (κ2) is 9.51. The molecule has 0 N–H and O–H groups in total. The second-order valence-corrected chi connectivity index (χ2v) is 20.7. The summed E-state index contributed by atoms with van der Waals surface area (Å²) < 4.78 is 13.4. The van der Waals surface area contributed by atoms with Crippen molar-refractivity contribution in [2.24, 2.45) is 5.92 Å². The van der Waals surface area contributed by atoms with Crippen molar-refractivity contribution in [1.29, 1.82) is 0 Å². The number of carbonyl (C=O) groups excluding carboxylic acids is 1. The molecule has 0 aromatic heterocycles. The first-order valence-corrected chi connectivity index (χ1v) is 16.1.